The maximum absolute atomic E-state index is 12.3. The summed E-state index contributed by atoms with van der Waals surface area (Å²) in [6, 6.07) is 9.95. The predicted octanol–water partition coefficient (Wildman–Crippen LogP) is 6.05. The Morgan fingerprint density at radius 2 is 0.804 bits per heavy atom. The van der Waals surface area contributed by atoms with Crippen molar-refractivity contribution in [2.24, 2.45) is 11.8 Å². The second-order valence-electron chi connectivity index (χ2n) is 9.95. The number of halogens is 4. The van der Waals surface area contributed by atoms with Gasteiger partial charge in [-0.3, -0.25) is 0 Å². The third-order valence-electron chi connectivity index (χ3n) is 6.37. The van der Waals surface area contributed by atoms with Crippen LogP contribution in [0.1, 0.15) is 25.0 Å². The van der Waals surface area contributed by atoms with Crippen LogP contribution in [0.25, 0.3) is 0 Å². The van der Waals surface area contributed by atoms with E-state index in [-0.39, 0.29) is 84.5 Å². The monoisotopic (exact) mass is 722 g/mol. The van der Waals surface area contributed by atoms with Crippen molar-refractivity contribution in [3.05, 3.63) is 47.5 Å². The van der Waals surface area contributed by atoms with Crippen molar-refractivity contribution < 1.29 is 38.1 Å². The number of hydrogen-bond acceptors (Lipinski definition) is 8. The lowest BCUT2D eigenvalue weighted by molar-refractivity contribution is 0.190. The molecule has 0 aliphatic rings. The molecule has 0 heterocycles. The number of amides is 4. The summed E-state index contributed by atoms with van der Waals surface area (Å²) >= 11 is 22.5. The van der Waals surface area contributed by atoms with Gasteiger partial charge in [0.1, 0.15) is 0 Å². The fraction of sp³-hybridized carbons (Fsp3) is 0.467. The summed E-state index contributed by atoms with van der Waals surface area (Å²) in [5, 5.41) is 9.99. The topological polar surface area (TPSA) is 153 Å². The molecule has 0 unspecified atom stereocenters. The van der Waals surface area contributed by atoms with Gasteiger partial charge in [-0.25, -0.2) is 19.2 Å². The SMILES string of the molecule is C[C@H](Cc1ccc(OC(=O)NCCCl)c(OC(=O)NCCCl)c1)[C@@H](C)Cc1ccc(OC(=O)NCCCl)c(OC(=O)NCCCl)c1. The molecule has 254 valence electrons. The van der Waals surface area contributed by atoms with Gasteiger partial charge < -0.3 is 40.2 Å². The molecule has 2 rings (SSSR count). The minimum atomic E-state index is -0.747. The van der Waals surface area contributed by atoms with E-state index >= 15 is 0 Å². The molecular formula is C30H38Cl4N4O8. The first-order chi connectivity index (χ1) is 22.1. The number of alkyl halides is 4. The zero-order valence-electron chi connectivity index (χ0n) is 25.5. The van der Waals surface area contributed by atoms with Crippen LogP contribution in [-0.4, -0.2) is 74.1 Å². The molecule has 4 N–H and O–H groups in total. The van der Waals surface area contributed by atoms with Crippen LogP contribution in [0.3, 0.4) is 0 Å². The molecule has 0 saturated carbocycles. The van der Waals surface area contributed by atoms with Crippen molar-refractivity contribution >= 4 is 70.8 Å². The first-order valence-electron chi connectivity index (χ1n) is 14.4. The molecule has 0 aromatic heterocycles. The van der Waals surface area contributed by atoms with Crippen LogP contribution in [0.5, 0.6) is 23.0 Å². The lowest BCUT2D eigenvalue weighted by atomic mass is 9.85. The summed E-state index contributed by atoms with van der Waals surface area (Å²) in [5.41, 5.74) is 1.67. The van der Waals surface area contributed by atoms with Gasteiger partial charge in [-0.15, -0.1) is 46.4 Å². The van der Waals surface area contributed by atoms with Gasteiger partial charge in [0.05, 0.1) is 0 Å². The molecule has 0 bridgehead atoms. The van der Waals surface area contributed by atoms with Gasteiger partial charge in [-0.1, -0.05) is 26.0 Å². The fourth-order valence-electron chi connectivity index (χ4n) is 3.97. The third kappa shape index (κ3) is 14.4. The highest BCUT2D eigenvalue weighted by molar-refractivity contribution is 6.18. The second-order valence-corrected chi connectivity index (χ2v) is 11.5. The molecular weight excluding hydrogens is 686 g/mol. The van der Waals surface area contributed by atoms with Gasteiger partial charge in [0.15, 0.2) is 23.0 Å². The van der Waals surface area contributed by atoms with Crippen molar-refractivity contribution in [3.8, 4) is 23.0 Å². The van der Waals surface area contributed by atoms with Crippen LogP contribution in [0, 0.1) is 11.8 Å². The first kappa shape index (κ1) is 38.9. The highest BCUT2D eigenvalue weighted by atomic mass is 35.5. The van der Waals surface area contributed by atoms with Crippen LogP contribution in [-0.2, 0) is 12.8 Å². The number of carbonyl (C=O) groups excluding carboxylic acids is 4. The minimum absolute atomic E-state index is 0.0545. The first-order valence-corrected chi connectivity index (χ1v) is 16.6. The Morgan fingerprint density at radius 3 is 1.09 bits per heavy atom. The number of hydrogen-bond donors (Lipinski definition) is 4. The smallest absolute Gasteiger partial charge is 0.406 e. The van der Waals surface area contributed by atoms with Crippen molar-refractivity contribution in [1.29, 1.82) is 0 Å². The normalized spacial score (nSPS) is 11.9. The van der Waals surface area contributed by atoms with Crippen LogP contribution in [0.4, 0.5) is 19.2 Å². The number of benzene rings is 2. The summed E-state index contributed by atoms with van der Waals surface area (Å²) in [4.78, 5) is 48.8. The molecule has 0 radical (unpaired) electrons. The largest absolute Gasteiger partial charge is 0.412 e. The molecule has 2 aromatic rings. The highest BCUT2D eigenvalue weighted by Crippen LogP contribution is 2.33. The summed E-state index contributed by atoms with van der Waals surface area (Å²) < 4.78 is 21.5. The predicted molar refractivity (Wildman–Crippen MR) is 178 cm³/mol. The lowest BCUT2D eigenvalue weighted by Gasteiger charge is -2.21. The van der Waals surface area contributed by atoms with E-state index in [0.717, 1.165) is 11.1 Å². The van der Waals surface area contributed by atoms with Crippen LogP contribution < -0.4 is 40.2 Å². The van der Waals surface area contributed by atoms with E-state index in [4.69, 9.17) is 65.4 Å². The number of nitrogens with one attached hydrogen (secondary N) is 4. The number of carbonyl (C=O) groups is 4. The zero-order chi connectivity index (χ0) is 33.9. The van der Waals surface area contributed by atoms with Crippen molar-refractivity contribution in [2.75, 3.05) is 49.7 Å². The van der Waals surface area contributed by atoms with Crippen LogP contribution in [0.2, 0.25) is 0 Å². The van der Waals surface area contributed by atoms with Gasteiger partial charge in [-0.2, -0.15) is 0 Å². The van der Waals surface area contributed by atoms with Crippen molar-refractivity contribution in [1.82, 2.24) is 21.3 Å². The molecule has 0 saturated heterocycles. The van der Waals surface area contributed by atoms with E-state index in [2.05, 4.69) is 35.1 Å². The molecule has 0 aliphatic heterocycles. The van der Waals surface area contributed by atoms with Crippen LogP contribution >= 0.6 is 46.4 Å². The van der Waals surface area contributed by atoms with Crippen LogP contribution in [0.15, 0.2) is 36.4 Å². The molecule has 4 amide bonds. The Balaban J connectivity index is 2.20. The fourth-order valence-corrected chi connectivity index (χ4v) is 4.35. The van der Waals surface area contributed by atoms with E-state index in [1.807, 2.05) is 0 Å². The second kappa shape index (κ2) is 21.5. The number of rotatable bonds is 17. The Morgan fingerprint density at radius 1 is 0.522 bits per heavy atom. The highest BCUT2D eigenvalue weighted by Gasteiger charge is 2.20. The van der Waals surface area contributed by atoms with Crippen molar-refractivity contribution in [3.63, 3.8) is 0 Å². The molecule has 46 heavy (non-hydrogen) atoms. The maximum Gasteiger partial charge on any atom is 0.412 e. The van der Waals surface area contributed by atoms with E-state index in [1.165, 1.54) is 0 Å². The molecule has 0 spiro atoms. The zero-order valence-corrected chi connectivity index (χ0v) is 28.5. The van der Waals surface area contributed by atoms with E-state index in [0.29, 0.717) is 12.8 Å². The van der Waals surface area contributed by atoms with Gasteiger partial charge in [0, 0.05) is 49.7 Å². The Labute approximate surface area is 288 Å². The van der Waals surface area contributed by atoms with E-state index < -0.39 is 24.4 Å². The van der Waals surface area contributed by atoms with Gasteiger partial charge in [0.25, 0.3) is 0 Å². The summed E-state index contributed by atoms with van der Waals surface area (Å²) in [6.07, 6.45) is -1.80. The molecule has 2 atom stereocenters. The quantitative estimate of drug-likeness (QED) is 0.144. The minimum Gasteiger partial charge on any atom is -0.406 e. The third-order valence-corrected chi connectivity index (χ3v) is 7.12. The molecule has 12 nitrogen and oxygen atoms in total. The average molecular weight is 724 g/mol. The summed E-state index contributed by atoms with van der Waals surface area (Å²) in [7, 11) is 0. The Bertz CT molecular complexity index is 1210. The van der Waals surface area contributed by atoms with Gasteiger partial charge in [0.2, 0.25) is 0 Å². The van der Waals surface area contributed by atoms with Crippen molar-refractivity contribution in [2.45, 2.75) is 26.7 Å². The summed E-state index contributed by atoms with van der Waals surface area (Å²) in [6.45, 7) is 4.93. The van der Waals surface area contributed by atoms with Gasteiger partial charge >= 0.3 is 24.4 Å². The Hall–Kier alpha value is -3.32. The lowest BCUT2D eigenvalue weighted by Crippen LogP contribution is -2.30. The van der Waals surface area contributed by atoms with E-state index in [9.17, 15) is 19.2 Å². The molecule has 16 heteroatoms. The number of ether oxygens (including phenoxy) is 4. The molecule has 2 aromatic carbocycles. The standard InChI is InChI=1S/C30H38Cl4N4O8/c1-19(15-21-3-5-23(43-27(39)35-11-7-31)25(17-21)45-29(41)37-13-9-33)20(2)16-22-4-6-24(44-28(40)36-12-8-32)26(18-22)46-30(42)38-14-10-34/h3-6,17-20H,7-16H2,1-2H3,(H,35,39)(H,36,40)(H,37,41)(H,38,42)/t19-,20+. The van der Waals surface area contributed by atoms with Gasteiger partial charge in [-0.05, 0) is 60.1 Å². The average Bonchev–Trinajstić information content (AvgIpc) is 3.03. The Kier molecular flexibility index (Phi) is 18.1. The molecule has 0 fully saturated rings. The molecule has 0 aliphatic carbocycles. The van der Waals surface area contributed by atoms with E-state index in [1.54, 1.807) is 36.4 Å². The summed E-state index contributed by atoms with van der Waals surface area (Å²) in [5.74, 6) is 1.27. The maximum atomic E-state index is 12.3.